The Morgan fingerprint density at radius 2 is 1.41 bits per heavy atom. The molecule has 0 aromatic heterocycles. The van der Waals surface area contributed by atoms with E-state index in [9.17, 15) is 4.57 Å². The highest BCUT2D eigenvalue weighted by atomic mass is 31.2. The zero-order valence-corrected chi connectivity index (χ0v) is 13.6. The fourth-order valence-electron chi connectivity index (χ4n) is 2.44. The van der Waals surface area contributed by atoms with Gasteiger partial charge in [-0.15, -0.1) is 0 Å². The molecular formula is C15H33OP. The van der Waals surface area contributed by atoms with Gasteiger partial charge in [-0.2, -0.15) is 0 Å². The maximum Gasteiger partial charge on any atom is 0.0927 e. The number of hydrogen-bond donors (Lipinski definition) is 0. The van der Waals surface area contributed by atoms with Gasteiger partial charge in [0.15, 0.2) is 0 Å². The average molecular weight is 260 g/mol. The monoisotopic (exact) mass is 260 g/mol. The van der Waals surface area contributed by atoms with E-state index >= 15 is 0 Å². The lowest BCUT2D eigenvalue weighted by Crippen LogP contribution is -2.13. The summed E-state index contributed by atoms with van der Waals surface area (Å²) in [5, 5.41) is 0. The molecule has 0 rings (SSSR count). The molecule has 17 heavy (non-hydrogen) atoms. The van der Waals surface area contributed by atoms with Gasteiger partial charge in [0, 0.05) is 17.5 Å². The number of hydrogen-bond acceptors (Lipinski definition) is 1. The summed E-state index contributed by atoms with van der Waals surface area (Å²) in [5.41, 5.74) is 0.784. The summed E-state index contributed by atoms with van der Waals surface area (Å²) in [6.45, 7) is 10.9. The molecule has 0 saturated heterocycles. The fourth-order valence-corrected chi connectivity index (χ4v) is 5.75. The van der Waals surface area contributed by atoms with Crippen molar-refractivity contribution >= 4 is 7.14 Å². The Hall–Kier alpha value is 0.230. The summed E-state index contributed by atoms with van der Waals surface area (Å²) >= 11 is 0. The van der Waals surface area contributed by atoms with Crippen LogP contribution in [-0.2, 0) is 4.57 Å². The Morgan fingerprint density at radius 3 is 1.88 bits per heavy atom. The van der Waals surface area contributed by atoms with Gasteiger partial charge < -0.3 is 4.57 Å². The smallest absolute Gasteiger partial charge is 0.0927 e. The quantitative estimate of drug-likeness (QED) is 0.352. The largest absolute Gasteiger partial charge is 0.323 e. The zero-order valence-electron chi connectivity index (χ0n) is 12.7. The first-order valence-corrected chi connectivity index (χ1v) is 9.60. The van der Waals surface area contributed by atoms with Crippen LogP contribution in [0.15, 0.2) is 0 Å². The van der Waals surface area contributed by atoms with Gasteiger partial charge in [0.05, 0.1) is 7.14 Å². The van der Waals surface area contributed by atoms with Crippen LogP contribution in [0.1, 0.15) is 79.6 Å². The molecule has 2 unspecified atom stereocenters. The Kier molecular flexibility index (Phi) is 9.32. The van der Waals surface area contributed by atoms with E-state index in [2.05, 4.69) is 34.6 Å². The second-order valence-electron chi connectivity index (χ2n) is 5.70. The van der Waals surface area contributed by atoms with E-state index in [1.807, 2.05) is 0 Å². The summed E-state index contributed by atoms with van der Waals surface area (Å²) in [6.07, 6.45) is 9.82. The molecule has 0 spiro atoms. The van der Waals surface area contributed by atoms with Gasteiger partial charge in [0.2, 0.25) is 0 Å². The molecule has 0 bridgehead atoms. The minimum Gasteiger partial charge on any atom is -0.323 e. The van der Waals surface area contributed by atoms with Crippen LogP contribution in [0.4, 0.5) is 0 Å². The maximum absolute atomic E-state index is 12.9. The topological polar surface area (TPSA) is 17.1 Å². The highest BCUT2D eigenvalue weighted by molar-refractivity contribution is 7.65. The SMILES string of the molecule is CCCCCCCCP(=O)(C(C)C)C(C)CC. The lowest BCUT2D eigenvalue weighted by molar-refractivity contribution is 0.550. The van der Waals surface area contributed by atoms with Crippen molar-refractivity contribution in [3.8, 4) is 0 Å². The third-order valence-corrected chi connectivity index (χ3v) is 8.69. The first-order chi connectivity index (χ1) is 7.99. The first kappa shape index (κ1) is 17.2. The van der Waals surface area contributed by atoms with Gasteiger partial charge in [-0.3, -0.25) is 0 Å². The molecule has 0 aromatic carbocycles. The molecule has 104 valence electrons. The zero-order chi connectivity index (χ0) is 13.3. The summed E-state index contributed by atoms with van der Waals surface area (Å²) in [7, 11) is -1.94. The van der Waals surface area contributed by atoms with Crippen LogP contribution in [0, 0.1) is 0 Å². The third kappa shape index (κ3) is 6.09. The van der Waals surface area contributed by atoms with E-state index in [0.717, 1.165) is 12.6 Å². The van der Waals surface area contributed by atoms with Crippen LogP contribution in [0.3, 0.4) is 0 Å². The van der Waals surface area contributed by atoms with E-state index in [1.54, 1.807) is 0 Å². The summed E-state index contributed by atoms with van der Waals surface area (Å²) in [4.78, 5) is 0. The molecule has 1 nitrogen and oxygen atoms in total. The maximum atomic E-state index is 12.9. The molecule has 2 heteroatoms. The van der Waals surface area contributed by atoms with Crippen molar-refractivity contribution in [1.29, 1.82) is 0 Å². The van der Waals surface area contributed by atoms with E-state index in [1.165, 1.54) is 38.5 Å². The van der Waals surface area contributed by atoms with E-state index in [-0.39, 0.29) is 0 Å². The Balaban J connectivity index is 3.99. The minimum absolute atomic E-state index is 0.369. The fraction of sp³-hybridized carbons (Fsp3) is 1.00. The first-order valence-electron chi connectivity index (χ1n) is 7.57. The number of rotatable bonds is 10. The van der Waals surface area contributed by atoms with Gasteiger partial charge in [0.1, 0.15) is 0 Å². The van der Waals surface area contributed by atoms with Crippen LogP contribution in [0.25, 0.3) is 0 Å². The van der Waals surface area contributed by atoms with Crippen molar-refractivity contribution in [2.24, 2.45) is 0 Å². The second-order valence-corrected chi connectivity index (χ2v) is 9.77. The third-order valence-electron chi connectivity index (χ3n) is 4.07. The molecule has 0 N–H and O–H groups in total. The molecule has 2 atom stereocenters. The Bertz CT molecular complexity index is 223. The average Bonchev–Trinajstić information content (AvgIpc) is 2.31. The van der Waals surface area contributed by atoms with Gasteiger partial charge in [0.25, 0.3) is 0 Å². The van der Waals surface area contributed by atoms with Crippen LogP contribution in [0.5, 0.6) is 0 Å². The molecule has 0 aliphatic heterocycles. The van der Waals surface area contributed by atoms with Gasteiger partial charge in [-0.1, -0.05) is 66.7 Å². The highest BCUT2D eigenvalue weighted by Gasteiger charge is 2.30. The molecule has 0 radical (unpaired) electrons. The summed E-state index contributed by atoms with van der Waals surface area (Å²) < 4.78 is 12.9. The van der Waals surface area contributed by atoms with Gasteiger partial charge in [-0.25, -0.2) is 0 Å². The Labute approximate surface area is 109 Å². The molecule has 0 fully saturated rings. The molecular weight excluding hydrogens is 227 g/mol. The van der Waals surface area contributed by atoms with E-state index < -0.39 is 7.14 Å². The lowest BCUT2D eigenvalue weighted by Gasteiger charge is -2.27. The molecule has 0 aromatic rings. The highest BCUT2D eigenvalue weighted by Crippen LogP contribution is 2.56. The second kappa shape index (κ2) is 9.20. The number of unbranched alkanes of at least 4 members (excludes halogenated alkanes) is 5. The predicted molar refractivity (Wildman–Crippen MR) is 80.7 cm³/mol. The van der Waals surface area contributed by atoms with Crippen molar-refractivity contribution in [2.45, 2.75) is 90.9 Å². The van der Waals surface area contributed by atoms with Crippen LogP contribution < -0.4 is 0 Å². The molecule has 0 amide bonds. The van der Waals surface area contributed by atoms with Crippen LogP contribution in [-0.4, -0.2) is 17.5 Å². The normalized spacial score (nSPS) is 17.1. The minimum atomic E-state index is -1.94. The predicted octanol–water partition coefficient (Wildman–Crippen LogP) is 5.92. The van der Waals surface area contributed by atoms with Crippen molar-refractivity contribution < 1.29 is 4.57 Å². The Morgan fingerprint density at radius 1 is 0.882 bits per heavy atom. The standard InChI is InChI=1S/C15H33OP/c1-6-8-9-10-11-12-13-17(16,14(3)4)15(5)7-2/h14-15H,6-13H2,1-5H3. The van der Waals surface area contributed by atoms with Gasteiger partial charge in [-0.05, 0) is 12.8 Å². The molecule has 0 saturated carbocycles. The van der Waals surface area contributed by atoms with E-state index in [0.29, 0.717) is 11.3 Å². The van der Waals surface area contributed by atoms with Gasteiger partial charge >= 0.3 is 0 Å². The van der Waals surface area contributed by atoms with Crippen molar-refractivity contribution in [2.75, 3.05) is 6.16 Å². The van der Waals surface area contributed by atoms with Crippen molar-refractivity contribution in [3.05, 3.63) is 0 Å². The van der Waals surface area contributed by atoms with E-state index in [4.69, 9.17) is 0 Å². The van der Waals surface area contributed by atoms with Crippen molar-refractivity contribution in [1.82, 2.24) is 0 Å². The van der Waals surface area contributed by atoms with Crippen LogP contribution >= 0.6 is 7.14 Å². The lowest BCUT2D eigenvalue weighted by atomic mass is 10.1. The van der Waals surface area contributed by atoms with Crippen molar-refractivity contribution in [3.63, 3.8) is 0 Å². The van der Waals surface area contributed by atoms with Crippen LogP contribution in [0.2, 0.25) is 0 Å². The summed E-state index contributed by atoms with van der Waals surface area (Å²) in [6, 6.07) is 0. The molecule has 0 heterocycles. The molecule has 0 aliphatic rings. The summed E-state index contributed by atoms with van der Waals surface area (Å²) in [5.74, 6) is 0. The molecule has 0 aliphatic carbocycles.